The number of benzene rings is 2. The van der Waals surface area contributed by atoms with Gasteiger partial charge >= 0.3 is 5.97 Å². The number of carbonyl (C=O) groups excluding carboxylic acids is 2. The van der Waals surface area contributed by atoms with Crippen LogP contribution in [0.5, 0.6) is 0 Å². The van der Waals surface area contributed by atoms with Crippen molar-refractivity contribution < 1.29 is 14.3 Å². The van der Waals surface area contributed by atoms with Crippen LogP contribution in [0.1, 0.15) is 40.9 Å². The number of ether oxygens (including phenoxy) is 1. The number of fused-ring (bicyclic) bond motifs is 1. The molecule has 0 unspecified atom stereocenters. The summed E-state index contributed by atoms with van der Waals surface area (Å²) in [6.07, 6.45) is 3.60. The second kappa shape index (κ2) is 8.00. The molecule has 1 heterocycles. The van der Waals surface area contributed by atoms with Crippen molar-refractivity contribution in [1.29, 1.82) is 0 Å². The number of hydrogen-bond donors (Lipinski definition) is 1. The van der Waals surface area contributed by atoms with E-state index < -0.39 is 5.97 Å². The number of Topliss-reactive ketones (excluding diaryl/α,β-unsaturated/α-hetero) is 1. The fraction of sp³-hybridized carbons (Fsp3) is 0.273. The van der Waals surface area contributed by atoms with E-state index in [9.17, 15) is 9.59 Å². The van der Waals surface area contributed by atoms with Crippen LogP contribution in [0.4, 0.5) is 0 Å². The Balaban J connectivity index is 1.65. The molecule has 0 aliphatic carbocycles. The van der Waals surface area contributed by atoms with Crippen molar-refractivity contribution in [2.75, 3.05) is 6.61 Å². The molecule has 2 aromatic carbocycles. The maximum absolute atomic E-state index is 12.5. The molecule has 3 rings (SSSR count). The van der Waals surface area contributed by atoms with Crippen LogP contribution in [0.25, 0.3) is 10.9 Å². The fourth-order valence-electron chi connectivity index (χ4n) is 3.12. The minimum Gasteiger partial charge on any atom is -0.457 e. The van der Waals surface area contributed by atoms with Crippen molar-refractivity contribution in [2.24, 2.45) is 0 Å². The Bertz CT molecular complexity index is 939. The van der Waals surface area contributed by atoms with E-state index in [1.54, 1.807) is 0 Å². The molecule has 0 saturated heterocycles. The monoisotopic (exact) mass is 349 g/mol. The van der Waals surface area contributed by atoms with Crippen LogP contribution in [0, 0.1) is 0 Å². The molecular weight excluding hydrogens is 326 g/mol. The molecular formula is C22H23NO3. The SMILES string of the molecule is CCc1ccc(CC)c(C(=O)COC(=O)Cc2c[nH]c3ccccc23)c1. The first-order chi connectivity index (χ1) is 12.6. The van der Waals surface area contributed by atoms with E-state index >= 15 is 0 Å². The highest BCUT2D eigenvalue weighted by Gasteiger charge is 2.15. The van der Waals surface area contributed by atoms with E-state index in [0.717, 1.165) is 40.4 Å². The summed E-state index contributed by atoms with van der Waals surface area (Å²) in [5.74, 6) is -0.544. The van der Waals surface area contributed by atoms with Crippen LogP contribution < -0.4 is 0 Å². The minimum absolute atomic E-state index is 0.146. The first-order valence-corrected chi connectivity index (χ1v) is 8.98. The average Bonchev–Trinajstić information content (AvgIpc) is 3.08. The molecule has 4 nitrogen and oxygen atoms in total. The Morgan fingerprint density at radius 2 is 1.81 bits per heavy atom. The number of nitrogens with one attached hydrogen (secondary N) is 1. The summed E-state index contributed by atoms with van der Waals surface area (Å²) in [7, 11) is 0. The summed E-state index contributed by atoms with van der Waals surface area (Å²) in [5.41, 5.74) is 4.61. The van der Waals surface area contributed by atoms with Crippen molar-refractivity contribution in [3.05, 3.63) is 70.9 Å². The van der Waals surface area contributed by atoms with Gasteiger partial charge in [-0.1, -0.05) is 44.2 Å². The largest absolute Gasteiger partial charge is 0.457 e. The number of ketones is 1. The molecule has 0 saturated carbocycles. The Morgan fingerprint density at radius 1 is 1.00 bits per heavy atom. The van der Waals surface area contributed by atoms with E-state index in [1.807, 2.05) is 55.6 Å². The third-order valence-corrected chi connectivity index (χ3v) is 4.64. The summed E-state index contributed by atoms with van der Waals surface area (Å²) in [4.78, 5) is 27.8. The number of aryl methyl sites for hydroxylation is 2. The lowest BCUT2D eigenvalue weighted by Gasteiger charge is -2.10. The Hall–Kier alpha value is -2.88. The van der Waals surface area contributed by atoms with Crippen LogP contribution in [-0.2, 0) is 28.8 Å². The summed E-state index contributed by atoms with van der Waals surface area (Å²) in [5, 5.41) is 1.000. The standard InChI is InChI=1S/C22H23NO3/c1-3-15-9-10-16(4-2)19(11-15)21(24)14-26-22(25)12-17-13-23-20-8-6-5-7-18(17)20/h5-11,13,23H,3-4,12,14H2,1-2H3. The van der Waals surface area contributed by atoms with Crippen LogP contribution in [0.2, 0.25) is 0 Å². The first-order valence-electron chi connectivity index (χ1n) is 8.98. The van der Waals surface area contributed by atoms with Gasteiger partial charge in [0.1, 0.15) is 0 Å². The molecule has 0 atom stereocenters. The molecule has 0 aliphatic rings. The molecule has 1 N–H and O–H groups in total. The highest BCUT2D eigenvalue weighted by molar-refractivity contribution is 5.99. The Labute approximate surface area is 153 Å². The predicted octanol–water partition coefficient (Wildman–Crippen LogP) is 4.26. The molecule has 3 aromatic rings. The van der Waals surface area contributed by atoms with E-state index in [1.165, 1.54) is 0 Å². The molecule has 4 heteroatoms. The maximum Gasteiger partial charge on any atom is 0.310 e. The van der Waals surface area contributed by atoms with Gasteiger partial charge < -0.3 is 9.72 Å². The van der Waals surface area contributed by atoms with Gasteiger partial charge in [-0.25, -0.2) is 0 Å². The van der Waals surface area contributed by atoms with E-state index in [0.29, 0.717) is 5.56 Å². The number of carbonyl (C=O) groups is 2. The van der Waals surface area contributed by atoms with Gasteiger partial charge in [0.25, 0.3) is 0 Å². The average molecular weight is 349 g/mol. The van der Waals surface area contributed by atoms with E-state index in [2.05, 4.69) is 11.9 Å². The molecule has 0 bridgehead atoms. The molecule has 0 fully saturated rings. The van der Waals surface area contributed by atoms with Crippen molar-refractivity contribution in [2.45, 2.75) is 33.1 Å². The molecule has 0 aliphatic heterocycles. The van der Waals surface area contributed by atoms with Gasteiger partial charge in [0.05, 0.1) is 6.42 Å². The third kappa shape index (κ3) is 3.85. The van der Waals surface area contributed by atoms with Crippen LogP contribution >= 0.6 is 0 Å². The van der Waals surface area contributed by atoms with Gasteiger partial charge in [0.15, 0.2) is 6.61 Å². The number of para-hydroxylation sites is 1. The zero-order valence-electron chi connectivity index (χ0n) is 15.2. The summed E-state index contributed by atoms with van der Waals surface area (Å²) in [6.45, 7) is 3.85. The summed E-state index contributed by atoms with van der Waals surface area (Å²) in [6, 6.07) is 13.7. The maximum atomic E-state index is 12.5. The second-order valence-corrected chi connectivity index (χ2v) is 6.32. The number of hydrogen-bond acceptors (Lipinski definition) is 3. The lowest BCUT2D eigenvalue weighted by molar-refractivity contribution is -0.141. The van der Waals surface area contributed by atoms with Crippen molar-refractivity contribution in [1.82, 2.24) is 4.98 Å². The van der Waals surface area contributed by atoms with Crippen molar-refractivity contribution >= 4 is 22.7 Å². The molecule has 0 radical (unpaired) electrons. The van der Waals surface area contributed by atoms with Crippen LogP contribution in [0.3, 0.4) is 0 Å². The molecule has 0 spiro atoms. The van der Waals surface area contributed by atoms with Gasteiger partial charge in [0.2, 0.25) is 5.78 Å². The topological polar surface area (TPSA) is 59.2 Å². The first kappa shape index (κ1) is 17.9. The number of H-pyrrole nitrogens is 1. The number of rotatable bonds is 7. The van der Waals surface area contributed by atoms with E-state index in [4.69, 9.17) is 4.74 Å². The van der Waals surface area contributed by atoms with Crippen LogP contribution in [0.15, 0.2) is 48.7 Å². The lowest BCUT2D eigenvalue weighted by Crippen LogP contribution is -2.17. The zero-order chi connectivity index (χ0) is 18.5. The number of esters is 1. The fourth-order valence-corrected chi connectivity index (χ4v) is 3.12. The van der Waals surface area contributed by atoms with Crippen LogP contribution in [-0.4, -0.2) is 23.3 Å². The zero-order valence-corrected chi connectivity index (χ0v) is 15.2. The van der Waals surface area contributed by atoms with Gasteiger partial charge in [0, 0.05) is 22.7 Å². The van der Waals surface area contributed by atoms with Crippen molar-refractivity contribution in [3.8, 4) is 0 Å². The predicted molar refractivity (Wildman–Crippen MR) is 102 cm³/mol. The lowest BCUT2D eigenvalue weighted by atomic mass is 9.98. The molecule has 134 valence electrons. The number of aromatic amines is 1. The van der Waals surface area contributed by atoms with Gasteiger partial charge in [-0.3, -0.25) is 9.59 Å². The second-order valence-electron chi connectivity index (χ2n) is 6.32. The smallest absolute Gasteiger partial charge is 0.310 e. The minimum atomic E-state index is -0.396. The normalized spacial score (nSPS) is 10.8. The summed E-state index contributed by atoms with van der Waals surface area (Å²) < 4.78 is 5.25. The quantitative estimate of drug-likeness (QED) is 0.512. The van der Waals surface area contributed by atoms with E-state index in [-0.39, 0.29) is 18.8 Å². The molecule has 1 aromatic heterocycles. The van der Waals surface area contributed by atoms with Crippen molar-refractivity contribution in [3.63, 3.8) is 0 Å². The third-order valence-electron chi connectivity index (χ3n) is 4.64. The highest BCUT2D eigenvalue weighted by Crippen LogP contribution is 2.19. The molecule has 26 heavy (non-hydrogen) atoms. The van der Waals surface area contributed by atoms with Gasteiger partial charge in [-0.05, 0) is 41.7 Å². The Kier molecular flexibility index (Phi) is 5.52. The number of aromatic nitrogens is 1. The van der Waals surface area contributed by atoms with Gasteiger partial charge in [-0.15, -0.1) is 0 Å². The highest BCUT2D eigenvalue weighted by atomic mass is 16.5. The summed E-state index contributed by atoms with van der Waals surface area (Å²) >= 11 is 0. The van der Waals surface area contributed by atoms with Gasteiger partial charge in [-0.2, -0.15) is 0 Å². The molecule has 0 amide bonds. The Morgan fingerprint density at radius 3 is 2.58 bits per heavy atom.